The van der Waals surface area contributed by atoms with Gasteiger partial charge in [0.25, 0.3) is 0 Å². The molecule has 6 heteroatoms. The highest BCUT2D eigenvalue weighted by atomic mass is 35.5. The Morgan fingerprint density at radius 1 is 1.00 bits per heavy atom. The first kappa shape index (κ1) is 11.9. The van der Waals surface area contributed by atoms with Crippen molar-refractivity contribution in [3.05, 3.63) is 40.4 Å². The van der Waals surface area contributed by atoms with Crippen molar-refractivity contribution in [3.8, 4) is 22.9 Å². The Morgan fingerprint density at radius 3 is 2.70 bits per heavy atom. The summed E-state index contributed by atoms with van der Waals surface area (Å²) in [5.74, 6) is 2.20. The standard InChI is InChI=1S/C14H8Cl2N2O2/c15-8-4-10-11(5-9(8)16)18-14(17-10)7-1-2-12-13(3-7)20-6-19-12/h1-5H,6H2,(H,17,18). The second-order valence-electron chi connectivity index (χ2n) is 4.44. The van der Waals surface area contributed by atoms with Gasteiger partial charge in [0.05, 0.1) is 21.1 Å². The molecule has 3 aromatic rings. The third-order valence-electron chi connectivity index (χ3n) is 3.17. The number of fused-ring (bicyclic) bond motifs is 2. The SMILES string of the molecule is Clc1cc2nc(-c3ccc4c(c3)OCO4)[nH]c2cc1Cl. The number of imidazole rings is 1. The molecule has 1 N–H and O–H groups in total. The molecule has 20 heavy (non-hydrogen) atoms. The number of nitrogens with one attached hydrogen (secondary N) is 1. The van der Waals surface area contributed by atoms with Crippen LogP contribution >= 0.6 is 23.2 Å². The number of aromatic amines is 1. The van der Waals surface area contributed by atoms with Crippen molar-refractivity contribution >= 4 is 34.2 Å². The normalized spacial score (nSPS) is 13.1. The fraction of sp³-hybridized carbons (Fsp3) is 0.0714. The zero-order valence-corrected chi connectivity index (χ0v) is 11.6. The predicted octanol–water partition coefficient (Wildman–Crippen LogP) is 4.27. The molecule has 0 atom stereocenters. The van der Waals surface area contributed by atoms with Crippen molar-refractivity contribution in [1.29, 1.82) is 0 Å². The summed E-state index contributed by atoms with van der Waals surface area (Å²) in [5, 5.41) is 0.989. The van der Waals surface area contributed by atoms with E-state index in [9.17, 15) is 0 Å². The monoisotopic (exact) mass is 306 g/mol. The van der Waals surface area contributed by atoms with Crippen LogP contribution in [0, 0.1) is 0 Å². The van der Waals surface area contributed by atoms with Crippen LogP contribution in [0.25, 0.3) is 22.4 Å². The second kappa shape index (κ2) is 4.30. The Hall–Kier alpha value is -1.91. The third-order valence-corrected chi connectivity index (χ3v) is 3.89. The lowest BCUT2D eigenvalue weighted by atomic mass is 10.2. The second-order valence-corrected chi connectivity index (χ2v) is 5.25. The highest BCUT2D eigenvalue weighted by molar-refractivity contribution is 6.42. The molecule has 2 aromatic carbocycles. The van der Waals surface area contributed by atoms with Crippen LogP contribution in [0.4, 0.5) is 0 Å². The lowest BCUT2D eigenvalue weighted by molar-refractivity contribution is 0.174. The summed E-state index contributed by atoms with van der Waals surface area (Å²) in [6.45, 7) is 0.254. The van der Waals surface area contributed by atoms with Gasteiger partial charge in [0.2, 0.25) is 6.79 Å². The molecule has 0 unspecified atom stereocenters. The predicted molar refractivity (Wildman–Crippen MR) is 77.7 cm³/mol. The van der Waals surface area contributed by atoms with Gasteiger partial charge < -0.3 is 14.5 Å². The van der Waals surface area contributed by atoms with Crippen LogP contribution in [0.1, 0.15) is 0 Å². The molecule has 4 rings (SSSR count). The summed E-state index contributed by atoms with van der Waals surface area (Å²) >= 11 is 12.0. The van der Waals surface area contributed by atoms with Crippen molar-refractivity contribution in [2.45, 2.75) is 0 Å². The fourth-order valence-corrected chi connectivity index (χ4v) is 2.51. The maximum Gasteiger partial charge on any atom is 0.231 e. The number of hydrogen-bond donors (Lipinski definition) is 1. The number of ether oxygens (including phenoxy) is 2. The molecule has 0 amide bonds. The van der Waals surface area contributed by atoms with Gasteiger partial charge in [-0.1, -0.05) is 23.2 Å². The van der Waals surface area contributed by atoms with Crippen LogP contribution in [0.3, 0.4) is 0 Å². The van der Waals surface area contributed by atoms with E-state index in [1.165, 1.54) is 0 Å². The summed E-state index contributed by atoms with van der Waals surface area (Å²) in [7, 11) is 0. The average molecular weight is 307 g/mol. The molecular formula is C14H8Cl2N2O2. The zero-order chi connectivity index (χ0) is 13.7. The first-order valence-electron chi connectivity index (χ1n) is 5.95. The summed E-state index contributed by atoms with van der Waals surface area (Å²) in [5.41, 5.74) is 2.52. The van der Waals surface area contributed by atoms with Gasteiger partial charge in [-0.25, -0.2) is 4.98 Å². The number of benzene rings is 2. The molecule has 0 radical (unpaired) electrons. The summed E-state index contributed by atoms with van der Waals surface area (Å²) in [6, 6.07) is 9.19. The van der Waals surface area contributed by atoms with Crippen molar-refractivity contribution in [2.75, 3.05) is 6.79 Å². The number of hydrogen-bond acceptors (Lipinski definition) is 3. The van der Waals surface area contributed by atoms with Crippen LogP contribution in [-0.4, -0.2) is 16.8 Å². The Labute approximate surface area is 124 Å². The van der Waals surface area contributed by atoms with E-state index in [0.29, 0.717) is 10.0 Å². The molecule has 0 fully saturated rings. The van der Waals surface area contributed by atoms with Gasteiger partial charge >= 0.3 is 0 Å². The maximum atomic E-state index is 6.00. The van der Waals surface area contributed by atoms with E-state index < -0.39 is 0 Å². The van der Waals surface area contributed by atoms with Gasteiger partial charge in [0.1, 0.15) is 5.82 Å². The number of rotatable bonds is 1. The van der Waals surface area contributed by atoms with E-state index in [2.05, 4.69) is 9.97 Å². The molecule has 0 spiro atoms. The lowest BCUT2D eigenvalue weighted by Crippen LogP contribution is -1.92. The number of halogens is 2. The number of aromatic nitrogens is 2. The molecule has 0 bridgehead atoms. The summed E-state index contributed by atoms with van der Waals surface area (Å²) in [4.78, 5) is 7.74. The number of H-pyrrole nitrogens is 1. The zero-order valence-electron chi connectivity index (χ0n) is 10.1. The lowest BCUT2D eigenvalue weighted by Gasteiger charge is -1.99. The van der Waals surface area contributed by atoms with Crippen LogP contribution < -0.4 is 9.47 Å². The molecule has 100 valence electrons. The minimum atomic E-state index is 0.254. The van der Waals surface area contributed by atoms with Gasteiger partial charge in [-0.15, -0.1) is 0 Å². The van der Waals surface area contributed by atoms with Gasteiger partial charge in [-0.2, -0.15) is 0 Å². The van der Waals surface area contributed by atoms with E-state index in [1.807, 2.05) is 18.2 Å². The van der Waals surface area contributed by atoms with Crippen molar-refractivity contribution in [2.24, 2.45) is 0 Å². The fourth-order valence-electron chi connectivity index (χ4n) is 2.19. The molecule has 1 aliphatic heterocycles. The molecule has 2 heterocycles. The van der Waals surface area contributed by atoms with E-state index >= 15 is 0 Å². The van der Waals surface area contributed by atoms with E-state index in [0.717, 1.165) is 33.9 Å². The highest BCUT2D eigenvalue weighted by Crippen LogP contribution is 2.36. The van der Waals surface area contributed by atoms with Crippen LogP contribution in [-0.2, 0) is 0 Å². The smallest absolute Gasteiger partial charge is 0.231 e. The summed E-state index contributed by atoms with van der Waals surface area (Å²) < 4.78 is 10.7. The molecule has 1 aromatic heterocycles. The summed E-state index contributed by atoms with van der Waals surface area (Å²) in [6.07, 6.45) is 0. The van der Waals surface area contributed by atoms with Gasteiger partial charge in [0, 0.05) is 5.56 Å². The van der Waals surface area contributed by atoms with Crippen LogP contribution in [0.15, 0.2) is 30.3 Å². The van der Waals surface area contributed by atoms with Crippen LogP contribution in [0.5, 0.6) is 11.5 Å². The Bertz CT molecular complexity index is 790. The quantitative estimate of drug-likeness (QED) is 0.730. The number of nitrogens with zero attached hydrogens (tertiary/aromatic N) is 1. The minimum absolute atomic E-state index is 0.254. The first-order chi connectivity index (χ1) is 9.70. The van der Waals surface area contributed by atoms with Crippen molar-refractivity contribution < 1.29 is 9.47 Å². The molecule has 0 aliphatic carbocycles. The van der Waals surface area contributed by atoms with E-state index in [1.54, 1.807) is 12.1 Å². The average Bonchev–Trinajstić information content (AvgIpc) is 3.04. The largest absolute Gasteiger partial charge is 0.454 e. The van der Waals surface area contributed by atoms with E-state index in [4.69, 9.17) is 32.7 Å². The Morgan fingerprint density at radius 2 is 1.80 bits per heavy atom. The molecule has 4 nitrogen and oxygen atoms in total. The first-order valence-corrected chi connectivity index (χ1v) is 6.71. The molecular weight excluding hydrogens is 299 g/mol. The van der Waals surface area contributed by atoms with Gasteiger partial charge in [-0.3, -0.25) is 0 Å². The topological polar surface area (TPSA) is 47.1 Å². The van der Waals surface area contributed by atoms with Gasteiger partial charge in [-0.05, 0) is 30.3 Å². The van der Waals surface area contributed by atoms with Crippen molar-refractivity contribution in [1.82, 2.24) is 9.97 Å². The van der Waals surface area contributed by atoms with Gasteiger partial charge in [0.15, 0.2) is 11.5 Å². The molecule has 0 saturated heterocycles. The molecule has 0 saturated carbocycles. The molecule has 1 aliphatic rings. The van der Waals surface area contributed by atoms with Crippen molar-refractivity contribution in [3.63, 3.8) is 0 Å². The van der Waals surface area contributed by atoms with Crippen LogP contribution in [0.2, 0.25) is 10.0 Å². The van der Waals surface area contributed by atoms with E-state index in [-0.39, 0.29) is 6.79 Å². The third kappa shape index (κ3) is 1.80. The Kier molecular flexibility index (Phi) is 2.55. The minimum Gasteiger partial charge on any atom is -0.454 e. The Balaban J connectivity index is 1.86. The highest BCUT2D eigenvalue weighted by Gasteiger charge is 2.15. The maximum absolute atomic E-state index is 6.00.